The molecule has 0 saturated carbocycles. The number of carbonyl (C=O) groups is 1. The molecule has 0 fully saturated rings. The molecule has 2 N–H and O–H groups in total. The number of hydrogen-bond acceptors (Lipinski definition) is 3. The Morgan fingerprint density at radius 2 is 2.27 bits per heavy atom. The predicted molar refractivity (Wildman–Crippen MR) is 56.7 cm³/mol. The average Bonchev–Trinajstić information content (AvgIpc) is 2.25. The fraction of sp³-hybridized carbons (Fsp3) is 0.500. The van der Waals surface area contributed by atoms with E-state index in [2.05, 4.69) is 22.4 Å². The number of aromatic nitrogens is 2. The third kappa shape index (κ3) is 3.93. The zero-order valence-electron chi connectivity index (χ0n) is 8.75. The van der Waals surface area contributed by atoms with E-state index in [1.807, 2.05) is 0 Å². The van der Waals surface area contributed by atoms with Crippen molar-refractivity contribution >= 4 is 5.91 Å². The SMILES string of the molecule is CCCCCNC(=O)c1ccc(=O)[nH]n1. The molecule has 0 aliphatic carbocycles. The fourth-order valence-electron chi connectivity index (χ4n) is 1.14. The van der Waals surface area contributed by atoms with Gasteiger partial charge in [-0.05, 0) is 12.5 Å². The van der Waals surface area contributed by atoms with Crippen LogP contribution < -0.4 is 10.9 Å². The number of aromatic amines is 1. The van der Waals surface area contributed by atoms with Crippen molar-refractivity contribution in [3.63, 3.8) is 0 Å². The molecule has 5 heteroatoms. The Balaban J connectivity index is 2.40. The van der Waals surface area contributed by atoms with Crippen LogP contribution in [0.5, 0.6) is 0 Å². The largest absolute Gasteiger partial charge is 0.351 e. The maximum absolute atomic E-state index is 11.4. The van der Waals surface area contributed by atoms with Gasteiger partial charge in [0, 0.05) is 12.6 Å². The van der Waals surface area contributed by atoms with Crippen molar-refractivity contribution in [2.45, 2.75) is 26.2 Å². The molecule has 0 radical (unpaired) electrons. The van der Waals surface area contributed by atoms with Gasteiger partial charge >= 0.3 is 0 Å². The lowest BCUT2D eigenvalue weighted by molar-refractivity contribution is 0.0947. The molecule has 5 nitrogen and oxygen atoms in total. The van der Waals surface area contributed by atoms with Gasteiger partial charge in [-0.15, -0.1) is 0 Å². The molecule has 0 aromatic carbocycles. The summed E-state index contributed by atoms with van der Waals surface area (Å²) in [7, 11) is 0. The molecule has 1 aromatic rings. The quantitative estimate of drug-likeness (QED) is 0.700. The standard InChI is InChI=1S/C10H15N3O2/c1-2-3-4-7-11-10(15)8-5-6-9(14)13-12-8/h5-6H,2-4,7H2,1H3,(H,11,15)(H,13,14). The van der Waals surface area contributed by atoms with Crippen molar-refractivity contribution in [2.24, 2.45) is 0 Å². The van der Waals surface area contributed by atoms with Crippen LogP contribution in [0.25, 0.3) is 0 Å². The highest BCUT2D eigenvalue weighted by Crippen LogP contribution is 1.93. The van der Waals surface area contributed by atoms with Gasteiger partial charge in [-0.2, -0.15) is 5.10 Å². The molecule has 0 unspecified atom stereocenters. The molecule has 1 aromatic heterocycles. The van der Waals surface area contributed by atoms with Crippen molar-refractivity contribution in [1.82, 2.24) is 15.5 Å². The summed E-state index contributed by atoms with van der Waals surface area (Å²) >= 11 is 0. The number of amides is 1. The van der Waals surface area contributed by atoms with E-state index in [-0.39, 0.29) is 17.2 Å². The van der Waals surface area contributed by atoms with E-state index < -0.39 is 0 Å². The average molecular weight is 209 g/mol. The monoisotopic (exact) mass is 209 g/mol. The van der Waals surface area contributed by atoms with E-state index in [1.54, 1.807) is 0 Å². The maximum Gasteiger partial charge on any atom is 0.271 e. The Hall–Kier alpha value is -1.65. The minimum atomic E-state index is -0.308. The number of unbranched alkanes of at least 4 members (excludes halogenated alkanes) is 2. The van der Waals surface area contributed by atoms with E-state index in [0.29, 0.717) is 6.54 Å². The van der Waals surface area contributed by atoms with Gasteiger partial charge in [0.05, 0.1) is 0 Å². The number of H-pyrrole nitrogens is 1. The molecule has 0 aliphatic rings. The first-order valence-corrected chi connectivity index (χ1v) is 5.08. The van der Waals surface area contributed by atoms with Gasteiger partial charge in [0.25, 0.3) is 11.5 Å². The summed E-state index contributed by atoms with van der Waals surface area (Å²) in [6, 6.07) is 2.70. The Morgan fingerprint density at radius 1 is 1.47 bits per heavy atom. The summed E-state index contributed by atoms with van der Waals surface area (Å²) < 4.78 is 0. The zero-order valence-corrected chi connectivity index (χ0v) is 8.75. The Bertz CT molecular complexity index is 353. The summed E-state index contributed by atoms with van der Waals surface area (Å²) in [5.41, 5.74) is -0.0661. The Morgan fingerprint density at radius 3 is 2.87 bits per heavy atom. The van der Waals surface area contributed by atoms with Crippen molar-refractivity contribution in [3.05, 3.63) is 28.2 Å². The number of nitrogens with one attached hydrogen (secondary N) is 2. The fourth-order valence-corrected chi connectivity index (χ4v) is 1.14. The van der Waals surface area contributed by atoms with Gasteiger partial charge in [0.2, 0.25) is 0 Å². The molecule has 0 spiro atoms. The third-order valence-electron chi connectivity index (χ3n) is 1.98. The molecule has 1 heterocycles. The number of nitrogens with zero attached hydrogens (tertiary/aromatic N) is 1. The van der Waals surface area contributed by atoms with Crippen LogP contribution in [0.15, 0.2) is 16.9 Å². The lowest BCUT2D eigenvalue weighted by atomic mass is 10.2. The summed E-state index contributed by atoms with van der Waals surface area (Å²) in [5, 5.41) is 8.57. The molecule has 1 rings (SSSR count). The van der Waals surface area contributed by atoms with Crippen LogP contribution in [0.4, 0.5) is 0 Å². The molecule has 82 valence electrons. The second kappa shape index (κ2) is 5.95. The van der Waals surface area contributed by atoms with E-state index in [1.165, 1.54) is 12.1 Å². The summed E-state index contributed by atoms with van der Waals surface area (Å²) in [6.07, 6.45) is 3.18. The molecular formula is C10H15N3O2. The molecule has 0 saturated heterocycles. The van der Waals surface area contributed by atoms with Gasteiger partial charge in [0.1, 0.15) is 5.69 Å². The van der Waals surface area contributed by atoms with Crippen molar-refractivity contribution in [1.29, 1.82) is 0 Å². The molecule has 0 bridgehead atoms. The Labute approximate surface area is 87.9 Å². The normalized spacial score (nSPS) is 9.93. The smallest absolute Gasteiger partial charge is 0.271 e. The van der Waals surface area contributed by atoms with E-state index in [4.69, 9.17) is 0 Å². The molecule has 0 aliphatic heterocycles. The number of hydrogen-bond donors (Lipinski definition) is 2. The van der Waals surface area contributed by atoms with Gasteiger partial charge in [-0.1, -0.05) is 19.8 Å². The van der Waals surface area contributed by atoms with Crippen LogP contribution in [-0.2, 0) is 0 Å². The van der Waals surface area contributed by atoms with E-state index in [9.17, 15) is 9.59 Å². The minimum absolute atomic E-state index is 0.242. The first-order chi connectivity index (χ1) is 7.24. The molecule has 0 atom stereocenters. The van der Waals surface area contributed by atoms with Crippen LogP contribution in [-0.4, -0.2) is 22.6 Å². The van der Waals surface area contributed by atoms with Crippen LogP contribution in [0.1, 0.15) is 36.7 Å². The van der Waals surface area contributed by atoms with Crippen LogP contribution in [0.2, 0.25) is 0 Å². The van der Waals surface area contributed by atoms with Gasteiger partial charge < -0.3 is 5.32 Å². The van der Waals surface area contributed by atoms with Crippen molar-refractivity contribution < 1.29 is 4.79 Å². The van der Waals surface area contributed by atoms with Crippen molar-refractivity contribution in [3.8, 4) is 0 Å². The topological polar surface area (TPSA) is 74.8 Å². The lowest BCUT2D eigenvalue weighted by Gasteiger charge is -2.02. The summed E-state index contributed by atoms with van der Waals surface area (Å²) in [5.74, 6) is -0.248. The third-order valence-corrected chi connectivity index (χ3v) is 1.98. The zero-order chi connectivity index (χ0) is 11.1. The first-order valence-electron chi connectivity index (χ1n) is 5.08. The minimum Gasteiger partial charge on any atom is -0.351 e. The second-order valence-electron chi connectivity index (χ2n) is 3.27. The molecule has 1 amide bonds. The maximum atomic E-state index is 11.4. The summed E-state index contributed by atoms with van der Waals surface area (Å²) in [6.45, 7) is 2.75. The van der Waals surface area contributed by atoms with E-state index in [0.717, 1.165) is 19.3 Å². The number of carbonyl (C=O) groups excluding carboxylic acids is 1. The molecular weight excluding hydrogens is 194 g/mol. The first kappa shape index (κ1) is 11.4. The van der Waals surface area contributed by atoms with Gasteiger partial charge in [0.15, 0.2) is 0 Å². The molecule has 15 heavy (non-hydrogen) atoms. The van der Waals surface area contributed by atoms with Gasteiger partial charge in [-0.25, -0.2) is 5.10 Å². The van der Waals surface area contributed by atoms with E-state index >= 15 is 0 Å². The predicted octanol–water partition coefficient (Wildman–Crippen LogP) is 0.690. The van der Waals surface area contributed by atoms with Crippen LogP contribution in [0.3, 0.4) is 0 Å². The van der Waals surface area contributed by atoms with Gasteiger partial charge in [-0.3, -0.25) is 9.59 Å². The highest BCUT2D eigenvalue weighted by Gasteiger charge is 2.05. The number of rotatable bonds is 5. The van der Waals surface area contributed by atoms with Crippen LogP contribution in [0, 0.1) is 0 Å². The second-order valence-corrected chi connectivity index (χ2v) is 3.27. The summed E-state index contributed by atoms with van der Waals surface area (Å²) in [4.78, 5) is 22.1. The van der Waals surface area contributed by atoms with Crippen molar-refractivity contribution in [2.75, 3.05) is 6.54 Å². The lowest BCUT2D eigenvalue weighted by Crippen LogP contribution is -2.26. The highest BCUT2D eigenvalue weighted by molar-refractivity contribution is 5.91. The van der Waals surface area contributed by atoms with Crippen LogP contribution >= 0.6 is 0 Å². The Kier molecular flexibility index (Phi) is 4.53. The highest BCUT2D eigenvalue weighted by atomic mass is 16.2.